The Morgan fingerprint density at radius 3 is 2.92 bits per heavy atom. The van der Waals surface area contributed by atoms with Crippen molar-refractivity contribution in [2.24, 2.45) is 0 Å². The fourth-order valence-electron chi connectivity index (χ4n) is 2.59. The number of nitriles is 1. The Labute approximate surface area is 142 Å². The molecular formula is C16H14FN5O3. The number of carbonyl (C=O) groups is 2. The van der Waals surface area contributed by atoms with E-state index in [0.717, 1.165) is 6.07 Å². The SMILES string of the molecule is COC(=O)c1cnn2c1CN(C(=O)Nc1ccc(F)c(C#N)c1)CC2. The van der Waals surface area contributed by atoms with Gasteiger partial charge in [-0.25, -0.2) is 14.0 Å². The maximum atomic E-state index is 13.3. The molecule has 1 aliphatic heterocycles. The third kappa shape index (κ3) is 3.14. The van der Waals surface area contributed by atoms with Crippen LogP contribution in [0.4, 0.5) is 14.9 Å². The number of carbonyl (C=O) groups excluding carboxylic acids is 2. The summed E-state index contributed by atoms with van der Waals surface area (Å²) in [5, 5.41) is 15.6. The van der Waals surface area contributed by atoms with Crippen molar-refractivity contribution < 1.29 is 18.7 Å². The van der Waals surface area contributed by atoms with Crippen LogP contribution in [0.25, 0.3) is 0 Å². The number of nitrogens with one attached hydrogen (secondary N) is 1. The summed E-state index contributed by atoms with van der Waals surface area (Å²) in [5.41, 5.74) is 1.07. The first kappa shape index (κ1) is 16.4. The van der Waals surface area contributed by atoms with E-state index in [1.54, 1.807) is 10.8 Å². The quantitative estimate of drug-likeness (QED) is 0.837. The molecule has 0 fully saturated rings. The van der Waals surface area contributed by atoms with Crippen LogP contribution < -0.4 is 5.32 Å². The molecule has 2 amide bonds. The highest BCUT2D eigenvalue weighted by molar-refractivity contribution is 5.92. The summed E-state index contributed by atoms with van der Waals surface area (Å²) >= 11 is 0. The van der Waals surface area contributed by atoms with Crippen molar-refractivity contribution in [2.45, 2.75) is 13.1 Å². The molecule has 1 aromatic carbocycles. The Morgan fingerprint density at radius 2 is 2.20 bits per heavy atom. The van der Waals surface area contributed by atoms with Crippen LogP contribution in [0, 0.1) is 17.1 Å². The van der Waals surface area contributed by atoms with Gasteiger partial charge in [-0.1, -0.05) is 0 Å². The molecule has 2 heterocycles. The minimum atomic E-state index is -0.648. The van der Waals surface area contributed by atoms with Gasteiger partial charge < -0.3 is 15.0 Å². The summed E-state index contributed by atoms with van der Waals surface area (Å²) in [6.45, 7) is 1.02. The molecular weight excluding hydrogens is 329 g/mol. The van der Waals surface area contributed by atoms with E-state index in [1.807, 2.05) is 0 Å². The lowest BCUT2D eigenvalue weighted by molar-refractivity contribution is 0.0597. The second-order valence-electron chi connectivity index (χ2n) is 5.38. The lowest BCUT2D eigenvalue weighted by atomic mass is 10.2. The molecule has 25 heavy (non-hydrogen) atoms. The van der Waals surface area contributed by atoms with Crippen molar-refractivity contribution in [1.82, 2.24) is 14.7 Å². The molecule has 8 nitrogen and oxygen atoms in total. The molecule has 1 aromatic heterocycles. The standard InChI is InChI=1S/C16H14FN5O3/c1-25-15(23)12-8-19-22-5-4-21(9-14(12)22)16(24)20-11-2-3-13(17)10(6-11)7-18/h2-3,6,8H,4-5,9H2,1H3,(H,20,24). The highest BCUT2D eigenvalue weighted by Gasteiger charge is 2.27. The summed E-state index contributed by atoms with van der Waals surface area (Å²) in [6, 6.07) is 5.07. The average Bonchev–Trinajstić information content (AvgIpc) is 3.05. The molecule has 0 saturated heterocycles. The Kier molecular flexibility index (Phi) is 4.35. The molecule has 128 valence electrons. The zero-order valence-electron chi connectivity index (χ0n) is 13.3. The van der Waals surface area contributed by atoms with Crippen molar-refractivity contribution in [3.8, 4) is 6.07 Å². The van der Waals surface area contributed by atoms with Crippen LogP contribution in [-0.2, 0) is 17.8 Å². The Balaban J connectivity index is 1.76. The van der Waals surface area contributed by atoms with E-state index in [-0.39, 0.29) is 12.1 Å². The second-order valence-corrected chi connectivity index (χ2v) is 5.38. The van der Waals surface area contributed by atoms with Gasteiger partial charge in [0.15, 0.2) is 0 Å². The molecule has 9 heteroatoms. The maximum Gasteiger partial charge on any atom is 0.341 e. The predicted octanol–water partition coefficient (Wildman–Crippen LogP) is 1.73. The van der Waals surface area contributed by atoms with Gasteiger partial charge >= 0.3 is 12.0 Å². The highest BCUT2D eigenvalue weighted by atomic mass is 19.1. The van der Waals surface area contributed by atoms with E-state index >= 15 is 0 Å². The Bertz CT molecular complexity index is 886. The molecule has 0 bridgehead atoms. The Hall–Kier alpha value is -3.41. The van der Waals surface area contributed by atoms with Crippen LogP contribution in [-0.4, -0.2) is 40.3 Å². The molecule has 0 atom stereocenters. The molecule has 3 rings (SSSR count). The largest absolute Gasteiger partial charge is 0.465 e. The van der Waals surface area contributed by atoms with Gasteiger partial charge in [0.05, 0.1) is 37.7 Å². The number of hydrogen-bond donors (Lipinski definition) is 1. The average molecular weight is 343 g/mol. The van der Waals surface area contributed by atoms with E-state index in [4.69, 9.17) is 10.00 Å². The number of amides is 2. The summed E-state index contributed by atoms with van der Waals surface area (Å²) in [7, 11) is 1.28. The number of urea groups is 1. The lowest BCUT2D eigenvalue weighted by Crippen LogP contribution is -2.41. The minimum Gasteiger partial charge on any atom is -0.465 e. The number of nitrogens with zero attached hydrogens (tertiary/aromatic N) is 4. The number of ether oxygens (including phenoxy) is 1. The number of halogens is 1. The first-order valence-electron chi connectivity index (χ1n) is 7.42. The van der Waals surface area contributed by atoms with Gasteiger partial charge in [-0.3, -0.25) is 4.68 Å². The van der Waals surface area contributed by atoms with E-state index in [2.05, 4.69) is 10.4 Å². The van der Waals surface area contributed by atoms with Gasteiger partial charge in [-0.05, 0) is 18.2 Å². The predicted molar refractivity (Wildman–Crippen MR) is 84.1 cm³/mol. The molecule has 0 saturated carbocycles. The molecule has 1 N–H and O–H groups in total. The minimum absolute atomic E-state index is 0.150. The van der Waals surface area contributed by atoms with Gasteiger partial charge in [0, 0.05) is 12.2 Å². The number of aromatic nitrogens is 2. The lowest BCUT2D eigenvalue weighted by Gasteiger charge is -2.28. The number of anilines is 1. The van der Waals surface area contributed by atoms with Crippen molar-refractivity contribution in [3.63, 3.8) is 0 Å². The highest BCUT2D eigenvalue weighted by Crippen LogP contribution is 2.19. The van der Waals surface area contributed by atoms with E-state index in [9.17, 15) is 14.0 Å². The van der Waals surface area contributed by atoms with Crippen LogP contribution in [0.5, 0.6) is 0 Å². The number of esters is 1. The van der Waals surface area contributed by atoms with Crippen LogP contribution in [0.2, 0.25) is 0 Å². The molecule has 1 aliphatic rings. The smallest absolute Gasteiger partial charge is 0.341 e. The monoisotopic (exact) mass is 343 g/mol. The van der Waals surface area contributed by atoms with Gasteiger partial charge in [0.25, 0.3) is 0 Å². The van der Waals surface area contributed by atoms with Gasteiger partial charge in [-0.2, -0.15) is 10.4 Å². The van der Waals surface area contributed by atoms with E-state index in [0.29, 0.717) is 30.0 Å². The van der Waals surface area contributed by atoms with Crippen LogP contribution in [0.15, 0.2) is 24.4 Å². The molecule has 0 unspecified atom stereocenters. The summed E-state index contributed by atoms with van der Waals surface area (Å²) < 4.78 is 19.7. The molecule has 0 spiro atoms. The number of hydrogen-bond acceptors (Lipinski definition) is 5. The van der Waals surface area contributed by atoms with E-state index in [1.165, 1.54) is 30.3 Å². The van der Waals surface area contributed by atoms with Crippen LogP contribution >= 0.6 is 0 Å². The number of rotatable bonds is 2. The summed E-state index contributed by atoms with van der Waals surface area (Å²) in [6.07, 6.45) is 1.42. The molecule has 0 radical (unpaired) electrons. The number of fused-ring (bicyclic) bond motifs is 1. The fourth-order valence-corrected chi connectivity index (χ4v) is 2.59. The first-order valence-corrected chi connectivity index (χ1v) is 7.42. The third-order valence-corrected chi connectivity index (χ3v) is 3.90. The zero-order chi connectivity index (χ0) is 18.0. The fraction of sp³-hybridized carbons (Fsp3) is 0.250. The summed E-state index contributed by atoms with van der Waals surface area (Å²) in [4.78, 5) is 25.7. The van der Waals surface area contributed by atoms with Crippen LogP contribution in [0.1, 0.15) is 21.6 Å². The van der Waals surface area contributed by atoms with Gasteiger partial charge in [-0.15, -0.1) is 0 Å². The zero-order valence-corrected chi connectivity index (χ0v) is 13.3. The Morgan fingerprint density at radius 1 is 1.40 bits per heavy atom. The third-order valence-electron chi connectivity index (χ3n) is 3.90. The second kappa shape index (κ2) is 6.60. The number of benzene rings is 1. The number of methoxy groups -OCH3 is 1. The first-order chi connectivity index (χ1) is 12.0. The molecule has 0 aliphatic carbocycles. The topological polar surface area (TPSA) is 100 Å². The normalized spacial score (nSPS) is 12.9. The van der Waals surface area contributed by atoms with Crippen molar-refractivity contribution in [1.29, 1.82) is 5.26 Å². The van der Waals surface area contributed by atoms with Crippen molar-refractivity contribution in [3.05, 3.63) is 47.0 Å². The van der Waals surface area contributed by atoms with Gasteiger partial charge in [0.2, 0.25) is 0 Å². The molecule has 2 aromatic rings. The summed E-state index contributed by atoms with van der Waals surface area (Å²) in [5.74, 6) is -1.16. The van der Waals surface area contributed by atoms with E-state index < -0.39 is 17.8 Å². The van der Waals surface area contributed by atoms with Gasteiger partial charge in [0.1, 0.15) is 17.4 Å². The van der Waals surface area contributed by atoms with Crippen molar-refractivity contribution >= 4 is 17.7 Å². The van der Waals surface area contributed by atoms with Crippen LogP contribution in [0.3, 0.4) is 0 Å². The maximum absolute atomic E-state index is 13.3. The van der Waals surface area contributed by atoms with Crippen molar-refractivity contribution in [2.75, 3.05) is 19.0 Å².